The first kappa shape index (κ1) is 21.5. The Hall–Kier alpha value is -3.23. The Labute approximate surface area is 178 Å². The molecule has 0 fully saturated rings. The van der Waals surface area contributed by atoms with Crippen LogP contribution >= 0.6 is 11.6 Å². The monoisotopic (exact) mass is 431 g/mol. The molecule has 0 aromatic heterocycles. The van der Waals surface area contributed by atoms with Crippen LogP contribution < -0.4 is 16.1 Å². The number of nitrogens with one attached hydrogen (secondary N) is 3. The number of carbonyl (C=O) groups is 2. The summed E-state index contributed by atoms with van der Waals surface area (Å²) in [6.45, 7) is 0.264. The number of hydrogen-bond donors (Lipinski definition) is 4. The second-order valence-corrected chi connectivity index (χ2v) is 7.05. The Morgan fingerprint density at radius 1 is 1.13 bits per heavy atom. The zero-order valence-electron chi connectivity index (χ0n) is 16.0. The molecule has 1 unspecified atom stereocenters. The molecule has 1 heterocycles. The van der Waals surface area contributed by atoms with Crippen LogP contribution in [-0.2, 0) is 27.4 Å². The van der Waals surface area contributed by atoms with E-state index in [1.165, 1.54) is 12.1 Å². The molecule has 0 bridgehead atoms. The maximum Gasteiger partial charge on any atom is 0.408 e. The van der Waals surface area contributed by atoms with E-state index < -0.39 is 24.1 Å². The van der Waals surface area contributed by atoms with Crippen molar-refractivity contribution < 1.29 is 24.3 Å². The quantitative estimate of drug-likeness (QED) is 0.478. The van der Waals surface area contributed by atoms with Crippen molar-refractivity contribution in [1.29, 1.82) is 0 Å². The van der Waals surface area contributed by atoms with E-state index in [1.54, 1.807) is 18.2 Å². The lowest BCUT2D eigenvalue weighted by Crippen LogP contribution is -2.49. The number of ether oxygens (including phenoxy) is 1. The summed E-state index contributed by atoms with van der Waals surface area (Å²) < 4.78 is 5.23. The highest BCUT2D eigenvalue weighted by Crippen LogP contribution is 2.12. The molecule has 2 amide bonds. The van der Waals surface area contributed by atoms with E-state index in [4.69, 9.17) is 21.2 Å². The predicted octanol–water partition coefficient (Wildman–Crippen LogP) is 2.33. The van der Waals surface area contributed by atoms with Crippen molar-refractivity contribution in [2.75, 3.05) is 6.54 Å². The lowest BCUT2D eigenvalue weighted by Gasteiger charge is -2.19. The highest BCUT2D eigenvalue weighted by atomic mass is 35.5. The van der Waals surface area contributed by atoms with Crippen molar-refractivity contribution in [1.82, 2.24) is 16.1 Å². The number of benzene rings is 2. The molecule has 1 aliphatic heterocycles. The molecule has 2 aromatic carbocycles. The Balaban J connectivity index is 1.59. The average Bonchev–Trinajstić information content (AvgIpc) is 3.17. The van der Waals surface area contributed by atoms with Crippen molar-refractivity contribution in [3.05, 3.63) is 77.0 Å². The van der Waals surface area contributed by atoms with Gasteiger partial charge in [0.25, 0.3) is 0 Å². The molecule has 3 rings (SSSR count). The second-order valence-electron chi connectivity index (χ2n) is 6.65. The third-order valence-corrected chi connectivity index (χ3v) is 4.52. The van der Waals surface area contributed by atoms with Gasteiger partial charge in [-0.3, -0.25) is 15.1 Å². The minimum absolute atomic E-state index is 0.0884. The summed E-state index contributed by atoms with van der Waals surface area (Å²) in [5, 5.41) is 15.1. The van der Waals surface area contributed by atoms with Crippen molar-refractivity contribution in [3.8, 4) is 5.75 Å². The summed E-state index contributed by atoms with van der Waals surface area (Å²) in [4.78, 5) is 30.1. The van der Waals surface area contributed by atoms with Crippen molar-refractivity contribution in [2.45, 2.75) is 25.2 Å². The lowest BCUT2D eigenvalue weighted by molar-refractivity contribution is -0.123. The van der Waals surface area contributed by atoms with Crippen LogP contribution in [0.5, 0.6) is 5.75 Å². The van der Waals surface area contributed by atoms with E-state index in [2.05, 4.69) is 16.1 Å². The fraction of sp³-hybridized carbons (Fsp3) is 0.238. The standard InChI is InChI=1S/C21H22ClN3O5/c22-19-11-17(30-25-19)12-23-20(27)18(10-14-6-8-16(26)9-7-14)24-21(28)29-13-15-4-2-1-3-5-15/h1-9,11,17-18,25-26H,10,12-13H2,(H,23,27)(H,24,28)/t17?,18-/m0/s1. The van der Waals surface area contributed by atoms with E-state index >= 15 is 0 Å². The number of hydroxylamine groups is 1. The van der Waals surface area contributed by atoms with E-state index in [9.17, 15) is 14.7 Å². The Morgan fingerprint density at radius 3 is 2.53 bits per heavy atom. The largest absolute Gasteiger partial charge is 0.508 e. The lowest BCUT2D eigenvalue weighted by atomic mass is 10.1. The van der Waals surface area contributed by atoms with Crippen LogP contribution in [0.15, 0.2) is 65.8 Å². The van der Waals surface area contributed by atoms with Crippen LogP contribution in [-0.4, -0.2) is 35.8 Å². The van der Waals surface area contributed by atoms with Gasteiger partial charge in [0.1, 0.15) is 29.7 Å². The summed E-state index contributed by atoms with van der Waals surface area (Å²) in [6.07, 6.45) is 0.714. The SMILES string of the molecule is O=C(N[C@@H](Cc1ccc(O)cc1)C(=O)NCC1C=C(Cl)NO1)OCc1ccccc1. The molecule has 2 atom stereocenters. The summed E-state index contributed by atoms with van der Waals surface area (Å²) in [5.74, 6) is -0.288. The Bertz CT molecular complexity index is 889. The van der Waals surface area contributed by atoms with Gasteiger partial charge < -0.3 is 20.5 Å². The summed E-state index contributed by atoms with van der Waals surface area (Å²) in [5.41, 5.74) is 4.09. The Kier molecular flexibility index (Phi) is 7.53. The van der Waals surface area contributed by atoms with Crippen LogP contribution in [0, 0.1) is 0 Å². The highest BCUT2D eigenvalue weighted by Gasteiger charge is 2.24. The summed E-state index contributed by atoms with van der Waals surface area (Å²) >= 11 is 5.78. The maximum atomic E-state index is 12.7. The molecule has 0 aliphatic carbocycles. The van der Waals surface area contributed by atoms with Gasteiger partial charge >= 0.3 is 6.09 Å². The van der Waals surface area contributed by atoms with Crippen molar-refractivity contribution in [2.24, 2.45) is 0 Å². The first-order valence-corrected chi connectivity index (χ1v) is 9.69. The number of hydrogen-bond acceptors (Lipinski definition) is 6. The molecule has 4 N–H and O–H groups in total. The third kappa shape index (κ3) is 6.68. The molecule has 158 valence electrons. The van der Waals surface area contributed by atoms with Crippen LogP contribution in [0.2, 0.25) is 0 Å². The van der Waals surface area contributed by atoms with E-state index in [-0.39, 0.29) is 25.3 Å². The van der Waals surface area contributed by atoms with E-state index in [1.807, 2.05) is 30.3 Å². The minimum Gasteiger partial charge on any atom is -0.508 e. The fourth-order valence-electron chi connectivity index (χ4n) is 2.77. The van der Waals surface area contributed by atoms with E-state index in [0.29, 0.717) is 5.16 Å². The molecule has 0 radical (unpaired) electrons. The normalized spacial score (nSPS) is 16.2. The number of rotatable bonds is 8. The third-order valence-electron chi connectivity index (χ3n) is 4.31. The van der Waals surface area contributed by atoms with E-state index in [0.717, 1.165) is 11.1 Å². The smallest absolute Gasteiger partial charge is 0.408 e. The zero-order chi connectivity index (χ0) is 21.3. The summed E-state index contributed by atoms with van der Waals surface area (Å²) in [7, 11) is 0. The number of aromatic hydroxyl groups is 1. The first-order valence-electron chi connectivity index (χ1n) is 9.31. The van der Waals surface area contributed by atoms with Gasteiger partial charge in [0.2, 0.25) is 5.91 Å². The van der Waals surface area contributed by atoms with Crippen LogP contribution in [0.3, 0.4) is 0 Å². The van der Waals surface area contributed by atoms with Crippen LogP contribution in [0.1, 0.15) is 11.1 Å². The topological polar surface area (TPSA) is 109 Å². The number of amides is 2. The number of phenols is 1. The molecule has 8 nitrogen and oxygen atoms in total. The molecule has 30 heavy (non-hydrogen) atoms. The van der Waals surface area contributed by atoms with Gasteiger partial charge in [-0.1, -0.05) is 54.1 Å². The van der Waals surface area contributed by atoms with Gasteiger partial charge in [0, 0.05) is 6.42 Å². The first-order chi connectivity index (χ1) is 14.5. The average molecular weight is 432 g/mol. The molecule has 0 spiro atoms. The van der Waals surface area contributed by atoms with Gasteiger partial charge in [-0.25, -0.2) is 4.79 Å². The number of phenolic OH excluding ortho intramolecular Hbond substituents is 1. The van der Waals surface area contributed by atoms with Crippen molar-refractivity contribution in [3.63, 3.8) is 0 Å². The Morgan fingerprint density at radius 2 is 1.87 bits per heavy atom. The van der Waals surface area contributed by atoms with Crippen LogP contribution in [0.4, 0.5) is 4.79 Å². The van der Waals surface area contributed by atoms with Crippen molar-refractivity contribution >= 4 is 23.6 Å². The van der Waals surface area contributed by atoms with Gasteiger partial charge in [-0.15, -0.1) is 0 Å². The van der Waals surface area contributed by atoms with Crippen LogP contribution in [0.25, 0.3) is 0 Å². The molecular formula is C21H22ClN3O5. The second kappa shape index (κ2) is 10.5. The molecule has 2 aromatic rings. The minimum atomic E-state index is -0.883. The number of halogens is 1. The summed E-state index contributed by atoms with van der Waals surface area (Å²) in [6, 6.07) is 14.7. The molecular weight excluding hydrogens is 410 g/mol. The molecule has 1 aliphatic rings. The van der Waals surface area contributed by atoms with Gasteiger partial charge in [0.15, 0.2) is 0 Å². The van der Waals surface area contributed by atoms with Gasteiger partial charge in [-0.2, -0.15) is 0 Å². The number of alkyl carbamates (subject to hydrolysis) is 1. The van der Waals surface area contributed by atoms with Gasteiger partial charge in [-0.05, 0) is 29.3 Å². The molecule has 0 saturated carbocycles. The zero-order valence-corrected chi connectivity index (χ0v) is 16.8. The molecule has 0 saturated heterocycles. The predicted molar refractivity (Wildman–Crippen MR) is 110 cm³/mol. The number of carbonyl (C=O) groups excluding carboxylic acids is 2. The van der Waals surface area contributed by atoms with Gasteiger partial charge in [0.05, 0.1) is 6.54 Å². The molecule has 9 heteroatoms. The fourth-order valence-corrected chi connectivity index (χ4v) is 2.96. The maximum absolute atomic E-state index is 12.7. The highest BCUT2D eigenvalue weighted by molar-refractivity contribution is 6.29.